The van der Waals surface area contributed by atoms with Crippen molar-refractivity contribution in [2.75, 3.05) is 24.5 Å². The van der Waals surface area contributed by atoms with Crippen molar-refractivity contribution in [3.63, 3.8) is 0 Å². The Kier molecular flexibility index (Phi) is 4.99. The van der Waals surface area contributed by atoms with E-state index in [2.05, 4.69) is 12.2 Å². The summed E-state index contributed by atoms with van der Waals surface area (Å²) in [7, 11) is 0. The van der Waals surface area contributed by atoms with Crippen molar-refractivity contribution >= 4 is 11.6 Å². The highest BCUT2D eigenvalue weighted by atomic mass is 16.2. The zero-order valence-corrected chi connectivity index (χ0v) is 10.3. The predicted octanol–water partition coefficient (Wildman–Crippen LogP) is 1.96. The fraction of sp³-hybridized carbons (Fsp3) is 0.462. The van der Waals surface area contributed by atoms with Gasteiger partial charge >= 0.3 is 0 Å². The molecule has 0 fully saturated rings. The monoisotopic (exact) mass is 220 g/mol. The van der Waals surface area contributed by atoms with Gasteiger partial charge in [-0.1, -0.05) is 19.1 Å². The van der Waals surface area contributed by atoms with Gasteiger partial charge in [0.15, 0.2) is 0 Å². The Bertz CT molecular complexity index is 350. The van der Waals surface area contributed by atoms with Crippen LogP contribution in [0.5, 0.6) is 0 Å². The number of carbonyl (C=O) groups excluding carboxylic acids is 1. The Hall–Kier alpha value is -1.35. The normalized spacial score (nSPS) is 10.2. The molecule has 3 heteroatoms. The summed E-state index contributed by atoms with van der Waals surface area (Å²) in [6, 6.07) is 8.02. The van der Waals surface area contributed by atoms with E-state index in [1.54, 1.807) is 11.8 Å². The smallest absolute Gasteiger partial charge is 0.223 e. The van der Waals surface area contributed by atoms with Crippen LogP contribution in [0.4, 0.5) is 5.69 Å². The van der Waals surface area contributed by atoms with Crippen molar-refractivity contribution in [2.24, 2.45) is 0 Å². The van der Waals surface area contributed by atoms with E-state index in [-0.39, 0.29) is 5.91 Å². The molecule has 1 rings (SSSR count). The summed E-state index contributed by atoms with van der Waals surface area (Å²) in [5.41, 5.74) is 2.15. The second-order valence-corrected chi connectivity index (χ2v) is 3.86. The number of hydrogen-bond acceptors (Lipinski definition) is 2. The molecule has 0 spiro atoms. The Morgan fingerprint density at radius 2 is 2.19 bits per heavy atom. The molecular formula is C13H20N2O. The van der Waals surface area contributed by atoms with Gasteiger partial charge in [0.25, 0.3) is 0 Å². The number of likely N-dealkylation sites (N-methyl/N-ethyl adjacent to an activating group) is 1. The number of carbonyl (C=O) groups is 1. The lowest BCUT2D eigenvalue weighted by atomic mass is 10.2. The molecule has 0 aliphatic carbocycles. The van der Waals surface area contributed by atoms with E-state index in [1.807, 2.05) is 31.2 Å². The molecule has 0 bridgehead atoms. The SMILES string of the molecule is CCNCCN(C(C)=O)c1cccc(C)c1. The number of nitrogens with zero attached hydrogens (tertiary/aromatic N) is 1. The zero-order valence-electron chi connectivity index (χ0n) is 10.3. The Labute approximate surface area is 97.5 Å². The molecule has 0 saturated carbocycles. The molecule has 1 N–H and O–H groups in total. The largest absolute Gasteiger partial charge is 0.315 e. The fourth-order valence-electron chi connectivity index (χ4n) is 1.63. The first-order valence-electron chi connectivity index (χ1n) is 5.70. The van der Waals surface area contributed by atoms with Crippen LogP contribution in [-0.2, 0) is 4.79 Å². The molecule has 1 amide bonds. The van der Waals surface area contributed by atoms with Gasteiger partial charge in [-0.15, -0.1) is 0 Å². The lowest BCUT2D eigenvalue weighted by molar-refractivity contribution is -0.116. The minimum atomic E-state index is 0.0866. The van der Waals surface area contributed by atoms with Gasteiger partial charge in [-0.05, 0) is 31.2 Å². The van der Waals surface area contributed by atoms with Gasteiger partial charge < -0.3 is 10.2 Å². The van der Waals surface area contributed by atoms with Crippen LogP contribution in [0.15, 0.2) is 24.3 Å². The number of anilines is 1. The predicted molar refractivity (Wildman–Crippen MR) is 67.7 cm³/mol. The molecule has 1 aromatic carbocycles. The Morgan fingerprint density at radius 3 is 2.75 bits per heavy atom. The van der Waals surface area contributed by atoms with Crippen LogP contribution in [0.2, 0.25) is 0 Å². The van der Waals surface area contributed by atoms with Crippen molar-refractivity contribution < 1.29 is 4.79 Å². The third kappa shape index (κ3) is 3.66. The zero-order chi connectivity index (χ0) is 12.0. The van der Waals surface area contributed by atoms with Crippen LogP contribution in [0.1, 0.15) is 19.4 Å². The molecule has 0 unspecified atom stereocenters. The Balaban J connectivity index is 2.73. The standard InChI is InChI=1S/C13H20N2O/c1-4-14-8-9-15(12(3)16)13-7-5-6-11(2)10-13/h5-7,10,14H,4,8-9H2,1-3H3. The summed E-state index contributed by atoms with van der Waals surface area (Å²) in [5.74, 6) is 0.0866. The average molecular weight is 220 g/mol. The van der Waals surface area contributed by atoms with Gasteiger partial charge in [0.1, 0.15) is 0 Å². The number of benzene rings is 1. The summed E-state index contributed by atoms with van der Waals surface area (Å²) in [6.45, 7) is 8.17. The molecule has 0 aromatic heterocycles. The van der Waals surface area contributed by atoms with E-state index in [9.17, 15) is 4.79 Å². The van der Waals surface area contributed by atoms with Gasteiger partial charge in [0.05, 0.1) is 0 Å². The molecule has 0 saturated heterocycles. The van der Waals surface area contributed by atoms with Crippen molar-refractivity contribution in [1.82, 2.24) is 5.32 Å². The third-order valence-electron chi connectivity index (χ3n) is 2.46. The number of rotatable bonds is 5. The third-order valence-corrected chi connectivity index (χ3v) is 2.46. The van der Waals surface area contributed by atoms with Crippen molar-refractivity contribution in [3.05, 3.63) is 29.8 Å². The second kappa shape index (κ2) is 6.28. The molecule has 0 aliphatic rings. The van der Waals surface area contributed by atoms with Crippen LogP contribution in [0.3, 0.4) is 0 Å². The first kappa shape index (κ1) is 12.7. The van der Waals surface area contributed by atoms with Crippen molar-refractivity contribution in [2.45, 2.75) is 20.8 Å². The first-order valence-corrected chi connectivity index (χ1v) is 5.70. The summed E-state index contributed by atoms with van der Waals surface area (Å²) in [5, 5.41) is 3.22. The van der Waals surface area contributed by atoms with E-state index >= 15 is 0 Å². The van der Waals surface area contributed by atoms with Gasteiger partial charge in [-0.2, -0.15) is 0 Å². The summed E-state index contributed by atoms with van der Waals surface area (Å²) >= 11 is 0. The summed E-state index contributed by atoms with van der Waals surface area (Å²) in [4.78, 5) is 13.3. The molecule has 0 radical (unpaired) electrons. The van der Waals surface area contributed by atoms with E-state index < -0.39 is 0 Å². The number of aryl methyl sites for hydroxylation is 1. The quantitative estimate of drug-likeness (QED) is 0.769. The van der Waals surface area contributed by atoms with Crippen LogP contribution < -0.4 is 10.2 Å². The minimum absolute atomic E-state index is 0.0866. The van der Waals surface area contributed by atoms with Crippen molar-refractivity contribution in [3.8, 4) is 0 Å². The average Bonchev–Trinajstić information content (AvgIpc) is 2.24. The molecular weight excluding hydrogens is 200 g/mol. The highest BCUT2D eigenvalue weighted by Gasteiger charge is 2.10. The van der Waals surface area contributed by atoms with Gasteiger partial charge in [-0.3, -0.25) is 4.79 Å². The summed E-state index contributed by atoms with van der Waals surface area (Å²) in [6.07, 6.45) is 0. The van der Waals surface area contributed by atoms with Gasteiger partial charge in [0, 0.05) is 25.7 Å². The highest BCUT2D eigenvalue weighted by Crippen LogP contribution is 2.15. The first-order chi connectivity index (χ1) is 7.65. The van der Waals surface area contributed by atoms with Crippen molar-refractivity contribution in [1.29, 1.82) is 0 Å². The molecule has 0 atom stereocenters. The maximum Gasteiger partial charge on any atom is 0.223 e. The molecule has 1 aromatic rings. The number of nitrogens with one attached hydrogen (secondary N) is 1. The van der Waals surface area contributed by atoms with Crippen LogP contribution >= 0.6 is 0 Å². The second-order valence-electron chi connectivity index (χ2n) is 3.86. The maximum absolute atomic E-state index is 11.5. The van der Waals surface area contributed by atoms with E-state index in [0.717, 1.165) is 18.8 Å². The van der Waals surface area contributed by atoms with Crippen LogP contribution in [0, 0.1) is 6.92 Å². The Morgan fingerprint density at radius 1 is 1.44 bits per heavy atom. The van der Waals surface area contributed by atoms with Gasteiger partial charge in [-0.25, -0.2) is 0 Å². The maximum atomic E-state index is 11.5. The minimum Gasteiger partial charge on any atom is -0.315 e. The highest BCUT2D eigenvalue weighted by molar-refractivity contribution is 5.91. The van der Waals surface area contributed by atoms with Crippen LogP contribution in [-0.4, -0.2) is 25.5 Å². The fourth-order valence-corrected chi connectivity index (χ4v) is 1.63. The number of amides is 1. The lowest BCUT2D eigenvalue weighted by Gasteiger charge is -2.21. The van der Waals surface area contributed by atoms with E-state index in [1.165, 1.54) is 5.56 Å². The van der Waals surface area contributed by atoms with Crippen LogP contribution in [0.25, 0.3) is 0 Å². The molecule has 0 aliphatic heterocycles. The molecule has 88 valence electrons. The van der Waals surface area contributed by atoms with E-state index in [4.69, 9.17) is 0 Å². The molecule has 16 heavy (non-hydrogen) atoms. The molecule has 0 heterocycles. The van der Waals surface area contributed by atoms with E-state index in [0.29, 0.717) is 6.54 Å². The van der Waals surface area contributed by atoms with Gasteiger partial charge in [0.2, 0.25) is 5.91 Å². The summed E-state index contributed by atoms with van der Waals surface area (Å²) < 4.78 is 0. The molecule has 3 nitrogen and oxygen atoms in total. The number of hydrogen-bond donors (Lipinski definition) is 1. The topological polar surface area (TPSA) is 32.3 Å². The lowest BCUT2D eigenvalue weighted by Crippen LogP contribution is -2.35.